The zero-order valence-corrected chi connectivity index (χ0v) is 8.44. The van der Waals surface area contributed by atoms with Gasteiger partial charge in [-0.1, -0.05) is 6.42 Å². The van der Waals surface area contributed by atoms with Crippen molar-refractivity contribution in [3.05, 3.63) is 0 Å². The fourth-order valence-corrected chi connectivity index (χ4v) is 3.05. The topological polar surface area (TPSA) is 60.8 Å². The van der Waals surface area contributed by atoms with Crippen molar-refractivity contribution in [2.45, 2.75) is 25.4 Å². The van der Waals surface area contributed by atoms with Gasteiger partial charge in [0, 0.05) is 13.1 Å². The Morgan fingerprint density at radius 2 is 2.29 bits per heavy atom. The van der Waals surface area contributed by atoms with Crippen LogP contribution in [0.5, 0.6) is 0 Å². The van der Waals surface area contributed by atoms with Gasteiger partial charge in [-0.15, -0.1) is 0 Å². The summed E-state index contributed by atoms with van der Waals surface area (Å²) in [5.74, 6) is -0.681. The van der Waals surface area contributed by atoms with E-state index in [2.05, 4.69) is 0 Å². The Kier molecular flexibility index (Phi) is 2.27. The van der Waals surface area contributed by atoms with Gasteiger partial charge < -0.3 is 15.1 Å². The van der Waals surface area contributed by atoms with Crippen LogP contribution in [-0.2, 0) is 4.79 Å². The lowest BCUT2D eigenvalue weighted by atomic mass is 9.64. The van der Waals surface area contributed by atoms with Crippen LogP contribution in [-0.4, -0.2) is 47.3 Å². The van der Waals surface area contributed by atoms with E-state index in [4.69, 9.17) is 0 Å². The highest BCUT2D eigenvalue weighted by Crippen LogP contribution is 2.43. The molecule has 4 heteroatoms. The Bertz CT molecular complexity index is 256. The molecule has 14 heavy (non-hydrogen) atoms. The van der Waals surface area contributed by atoms with E-state index in [0.717, 1.165) is 19.4 Å². The molecule has 1 saturated carbocycles. The fourth-order valence-electron chi connectivity index (χ4n) is 3.05. The maximum atomic E-state index is 11.3. The van der Waals surface area contributed by atoms with E-state index in [1.54, 1.807) is 0 Å². The van der Waals surface area contributed by atoms with E-state index in [9.17, 15) is 15.0 Å². The second-order valence-corrected chi connectivity index (χ2v) is 4.76. The summed E-state index contributed by atoms with van der Waals surface area (Å²) in [5, 5.41) is 19.3. The van der Waals surface area contributed by atoms with Crippen LogP contribution < -0.4 is 0 Å². The van der Waals surface area contributed by atoms with Crippen molar-refractivity contribution in [2.75, 3.05) is 20.1 Å². The summed E-state index contributed by atoms with van der Waals surface area (Å²) in [6.07, 6.45) is 1.86. The Morgan fingerprint density at radius 3 is 2.93 bits per heavy atom. The molecule has 2 bridgehead atoms. The van der Waals surface area contributed by atoms with Gasteiger partial charge >= 0.3 is 5.97 Å². The van der Waals surface area contributed by atoms with Gasteiger partial charge in [0.15, 0.2) is 0 Å². The third kappa shape index (κ3) is 1.25. The molecule has 3 atom stereocenters. The van der Waals surface area contributed by atoms with Gasteiger partial charge in [0.25, 0.3) is 0 Å². The van der Waals surface area contributed by atoms with Crippen LogP contribution in [0.2, 0.25) is 0 Å². The number of aliphatic hydroxyl groups is 1. The third-order valence-corrected chi connectivity index (χ3v) is 3.73. The Morgan fingerprint density at radius 1 is 1.57 bits per heavy atom. The lowest BCUT2D eigenvalue weighted by Crippen LogP contribution is -2.61. The number of piperidine rings is 1. The van der Waals surface area contributed by atoms with Crippen LogP contribution >= 0.6 is 0 Å². The highest BCUT2D eigenvalue weighted by molar-refractivity contribution is 5.76. The number of rotatable bonds is 1. The molecule has 3 unspecified atom stereocenters. The van der Waals surface area contributed by atoms with Crippen LogP contribution in [0.1, 0.15) is 19.3 Å². The molecule has 2 fully saturated rings. The molecule has 1 saturated heterocycles. The molecule has 0 radical (unpaired) electrons. The largest absolute Gasteiger partial charge is 0.481 e. The lowest BCUT2D eigenvalue weighted by molar-refractivity contribution is -0.175. The molecule has 1 aliphatic carbocycles. The standard InChI is InChI=1S/C10H17NO3/c1-11-5-7-3-2-4-10(6-11,8(7)12)9(13)14/h7-8,12H,2-6H2,1H3,(H,13,14). The van der Waals surface area contributed by atoms with Crippen molar-refractivity contribution >= 4 is 5.97 Å². The highest BCUT2D eigenvalue weighted by Gasteiger charge is 2.54. The summed E-state index contributed by atoms with van der Waals surface area (Å²) in [5.41, 5.74) is -0.893. The van der Waals surface area contributed by atoms with Crippen LogP contribution in [0, 0.1) is 11.3 Å². The number of fused-ring (bicyclic) bond motifs is 2. The van der Waals surface area contributed by atoms with Gasteiger partial charge in [-0.2, -0.15) is 0 Å². The van der Waals surface area contributed by atoms with Gasteiger partial charge in [0.05, 0.1) is 6.10 Å². The van der Waals surface area contributed by atoms with Crippen molar-refractivity contribution < 1.29 is 15.0 Å². The number of carboxylic acid groups (broad SMARTS) is 1. The van der Waals surface area contributed by atoms with Crippen molar-refractivity contribution in [1.29, 1.82) is 0 Å². The summed E-state index contributed by atoms with van der Waals surface area (Å²) < 4.78 is 0. The minimum absolute atomic E-state index is 0.151. The Hall–Kier alpha value is -0.610. The van der Waals surface area contributed by atoms with Gasteiger partial charge in [-0.3, -0.25) is 4.79 Å². The zero-order valence-electron chi connectivity index (χ0n) is 8.44. The monoisotopic (exact) mass is 199 g/mol. The molecule has 2 rings (SSSR count). The van der Waals surface area contributed by atoms with Gasteiger partial charge in [0.1, 0.15) is 5.41 Å². The summed E-state index contributed by atoms with van der Waals surface area (Å²) in [4.78, 5) is 13.3. The first-order chi connectivity index (χ1) is 6.56. The molecule has 80 valence electrons. The smallest absolute Gasteiger partial charge is 0.313 e. The number of nitrogens with zero attached hydrogens (tertiary/aromatic N) is 1. The van der Waals surface area contributed by atoms with Gasteiger partial charge in [-0.25, -0.2) is 0 Å². The number of hydrogen-bond acceptors (Lipinski definition) is 3. The predicted octanol–water partition coefficient (Wildman–Crippen LogP) is 0.164. The first kappa shape index (κ1) is 9.93. The molecule has 2 N–H and O–H groups in total. The normalized spacial score (nSPS) is 43.6. The van der Waals surface area contributed by atoms with Gasteiger partial charge in [0.2, 0.25) is 0 Å². The quantitative estimate of drug-likeness (QED) is 0.631. The number of carboxylic acids is 1. The molecule has 2 aliphatic rings. The fraction of sp³-hybridized carbons (Fsp3) is 0.900. The molecule has 4 nitrogen and oxygen atoms in total. The Balaban J connectivity index is 2.30. The van der Waals surface area contributed by atoms with Crippen LogP contribution in [0.25, 0.3) is 0 Å². The maximum Gasteiger partial charge on any atom is 0.313 e. The average Bonchev–Trinajstić information content (AvgIpc) is 2.07. The molecule has 0 aromatic rings. The highest BCUT2D eigenvalue weighted by atomic mass is 16.4. The average molecular weight is 199 g/mol. The van der Waals surface area contributed by atoms with Crippen LogP contribution in [0.3, 0.4) is 0 Å². The van der Waals surface area contributed by atoms with Crippen molar-refractivity contribution in [1.82, 2.24) is 4.90 Å². The molecule has 0 amide bonds. The SMILES string of the molecule is CN1CC2CCCC(C(=O)O)(C1)C2O. The summed E-state index contributed by atoms with van der Waals surface area (Å²) in [6.45, 7) is 1.32. The number of aliphatic hydroxyl groups excluding tert-OH is 1. The van der Waals surface area contributed by atoms with Crippen molar-refractivity contribution in [2.24, 2.45) is 11.3 Å². The van der Waals surface area contributed by atoms with E-state index < -0.39 is 17.5 Å². The minimum atomic E-state index is -0.893. The van der Waals surface area contributed by atoms with Crippen LogP contribution in [0.4, 0.5) is 0 Å². The van der Waals surface area contributed by atoms with Gasteiger partial charge in [-0.05, 0) is 25.8 Å². The van der Waals surface area contributed by atoms with E-state index >= 15 is 0 Å². The summed E-state index contributed by atoms with van der Waals surface area (Å²) in [7, 11) is 1.93. The molecule has 0 aromatic carbocycles. The first-order valence-electron chi connectivity index (χ1n) is 5.16. The zero-order chi connectivity index (χ0) is 10.3. The number of carbonyl (C=O) groups is 1. The molecule has 0 spiro atoms. The van der Waals surface area contributed by atoms with Crippen LogP contribution in [0.15, 0.2) is 0 Å². The van der Waals surface area contributed by atoms with E-state index in [0.29, 0.717) is 13.0 Å². The maximum absolute atomic E-state index is 11.3. The number of hydrogen-bond donors (Lipinski definition) is 2. The Labute approximate surface area is 83.5 Å². The molecular weight excluding hydrogens is 182 g/mol. The molecule has 1 heterocycles. The minimum Gasteiger partial charge on any atom is -0.481 e. The summed E-state index contributed by atoms with van der Waals surface area (Å²) >= 11 is 0. The number of aliphatic carboxylic acids is 1. The molecular formula is C10H17NO3. The second kappa shape index (κ2) is 3.21. The van der Waals surface area contributed by atoms with E-state index in [-0.39, 0.29) is 5.92 Å². The van der Waals surface area contributed by atoms with E-state index in [1.165, 1.54) is 0 Å². The predicted molar refractivity (Wildman–Crippen MR) is 50.9 cm³/mol. The molecule has 0 aromatic heterocycles. The van der Waals surface area contributed by atoms with Crippen molar-refractivity contribution in [3.63, 3.8) is 0 Å². The lowest BCUT2D eigenvalue weighted by Gasteiger charge is -2.49. The number of likely N-dealkylation sites (tertiary alicyclic amines) is 1. The van der Waals surface area contributed by atoms with Crippen molar-refractivity contribution in [3.8, 4) is 0 Å². The summed E-state index contributed by atoms with van der Waals surface area (Å²) in [6, 6.07) is 0. The third-order valence-electron chi connectivity index (χ3n) is 3.73. The molecule has 1 aliphatic heterocycles. The second-order valence-electron chi connectivity index (χ2n) is 4.76. The first-order valence-corrected chi connectivity index (χ1v) is 5.16. The van der Waals surface area contributed by atoms with E-state index in [1.807, 2.05) is 11.9 Å².